The number of ether oxygens (including phenoxy) is 6. The molecule has 13 atom stereocenters. The molecule has 4 aliphatic heterocycles. The van der Waals surface area contributed by atoms with Crippen LogP contribution in [0.15, 0.2) is 0 Å². The van der Waals surface area contributed by atoms with Gasteiger partial charge in [0.05, 0.1) is 48.0 Å². The van der Waals surface area contributed by atoms with Crippen LogP contribution in [0.5, 0.6) is 0 Å². The molecule has 40 heavy (non-hydrogen) atoms. The van der Waals surface area contributed by atoms with E-state index in [2.05, 4.69) is 0 Å². The SMILES string of the molecule is C[C@@H]1C[C@H]2OCO[C@H]2[C@H](O[C@H]2CC[C@]3(C=O)[C@H]4CC[C@]56CO[C@]7(COC(=O)C7)[C@@H]5CC[C@]6(O)[C@@H]4CC[C@]3(O)C2)O1. The third-order valence-electron chi connectivity index (χ3n) is 13.0. The first-order valence-corrected chi connectivity index (χ1v) is 15.4. The van der Waals surface area contributed by atoms with E-state index in [1.165, 1.54) is 0 Å². The summed E-state index contributed by atoms with van der Waals surface area (Å²) in [6.07, 6.45) is 6.38. The molecule has 4 saturated carbocycles. The van der Waals surface area contributed by atoms with Crippen LogP contribution in [0.3, 0.4) is 0 Å². The minimum absolute atomic E-state index is 0.0118. The Morgan fingerprint density at radius 3 is 2.65 bits per heavy atom. The van der Waals surface area contributed by atoms with Crippen molar-refractivity contribution in [3.63, 3.8) is 0 Å². The Labute approximate surface area is 234 Å². The van der Waals surface area contributed by atoms with Crippen molar-refractivity contribution < 1.29 is 48.2 Å². The Kier molecular flexibility index (Phi) is 5.77. The summed E-state index contributed by atoms with van der Waals surface area (Å²) in [7, 11) is 0. The smallest absolute Gasteiger partial charge is 0.308 e. The van der Waals surface area contributed by atoms with E-state index in [-0.39, 0.29) is 68.0 Å². The van der Waals surface area contributed by atoms with Crippen molar-refractivity contribution in [1.82, 2.24) is 0 Å². The molecule has 10 heteroatoms. The predicted molar refractivity (Wildman–Crippen MR) is 136 cm³/mol. The zero-order valence-electron chi connectivity index (χ0n) is 23.3. The molecule has 0 unspecified atom stereocenters. The van der Waals surface area contributed by atoms with Gasteiger partial charge < -0.3 is 43.4 Å². The first kappa shape index (κ1) is 26.5. The monoisotopic (exact) mass is 562 g/mol. The number of carbonyl (C=O) groups excluding carboxylic acids is 2. The largest absolute Gasteiger partial charge is 0.462 e. The molecular formula is C30H42O10. The molecule has 8 aliphatic rings. The second-order valence-electron chi connectivity index (χ2n) is 14.3. The zero-order valence-corrected chi connectivity index (χ0v) is 23.3. The third kappa shape index (κ3) is 3.24. The minimum atomic E-state index is -1.20. The van der Waals surface area contributed by atoms with Crippen LogP contribution in [0.2, 0.25) is 0 Å². The Morgan fingerprint density at radius 1 is 1.00 bits per heavy atom. The van der Waals surface area contributed by atoms with Crippen molar-refractivity contribution in [1.29, 1.82) is 0 Å². The number of esters is 1. The predicted octanol–water partition coefficient (Wildman–Crippen LogP) is 2.01. The van der Waals surface area contributed by atoms with Gasteiger partial charge in [0.1, 0.15) is 31.4 Å². The van der Waals surface area contributed by atoms with Crippen LogP contribution in [0.4, 0.5) is 0 Å². The molecule has 2 N–H and O–H groups in total. The normalized spacial score (nSPS) is 58.5. The average Bonchev–Trinajstić information content (AvgIpc) is 3.68. The van der Waals surface area contributed by atoms with E-state index >= 15 is 0 Å². The van der Waals surface area contributed by atoms with Gasteiger partial charge in [-0.15, -0.1) is 0 Å². The fourth-order valence-corrected chi connectivity index (χ4v) is 11.2. The number of cyclic esters (lactones) is 1. The lowest BCUT2D eigenvalue weighted by molar-refractivity contribution is -0.288. The van der Waals surface area contributed by atoms with Gasteiger partial charge in [0, 0.05) is 24.2 Å². The van der Waals surface area contributed by atoms with Crippen molar-refractivity contribution in [3.05, 3.63) is 0 Å². The van der Waals surface area contributed by atoms with Crippen molar-refractivity contribution in [2.45, 2.75) is 125 Å². The van der Waals surface area contributed by atoms with Crippen LogP contribution in [0.25, 0.3) is 0 Å². The maximum absolute atomic E-state index is 13.1. The number of hydrogen-bond donors (Lipinski definition) is 2. The highest BCUT2D eigenvalue weighted by atomic mass is 16.8. The summed E-state index contributed by atoms with van der Waals surface area (Å²) < 4.78 is 35.8. The molecule has 0 aromatic heterocycles. The molecule has 0 aromatic carbocycles. The quantitative estimate of drug-likeness (QED) is 0.299. The number of rotatable bonds is 3. The Balaban J connectivity index is 1.04. The minimum Gasteiger partial charge on any atom is -0.462 e. The molecule has 8 rings (SSSR count). The molecular weight excluding hydrogens is 520 g/mol. The molecule has 10 nitrogen and oxygen atoms in total. The second-order valence-corrected chi connectivity index (χ2v) is 14.3. The van der Waals surface area contributed by atoms with E-state index in [1.54, 1.807) is 0 Å². The van der Waals surface area contributed by atoms with Gasteiger partial charge in [-0.25, -0.2) is 0 Å². The molecule has 0 bridgehead atoms. The van der Waals surface area contributed by atoms with Gasteiger partial charge in [0.2, 0.25) is 0 Å². The highest BCUT2D eigenvalue weighted by Crippen LogP contribution is 2.73. The first-order valence-electron chi connectivity index (χ1n) is 15.4. The second kappa shape index (κ2) is 8.71. The van der Waals surface area contributed by atoms with E-state index < -0.39 is 33.9 Å². The average molecular weight is 563 g/mol. The molecule has 4 saturated heterocycles. The number of carbonyl (C=O) groups is 2. The zero-order chi connectivity index (χ0) is 27.5. The lowest BCUT2D eigenvalue weighted by Gasteiger charge is -2.65. The molecule has 0 radical (unpaired) electrons. The van der Waals surface area contributed by atoms with Gasteiger partial charge in [-0.3, -0.25) is 4.79 Å². The third-order valence-corrected chi connectivity index (χ3v) is 13.0. The highest BCUT2D eigenvalue weighted by Gasteiger charge is 2.77. The van der Waals surface area contributed by atoms with Crippen molar-refractivity contribution in [2.24, 2.45) is 28.6 Å². The molecule has 4 aliphatic carbocycles. The van der Waals surface area contributed by atoms with Gasteiger partial charge in [0.25, 0.3) is 0 Å². The topological polar surface area (TPSA) is 130 Å². The molecule has 4 heterocycles. The molecule has 222 valence electrons. The van der Waals surface area contributed by atoms with Crippen molar-refractivity contribution >= 4 is 12.3 Å². The summed E-state index contributed by atoms with van der Waals surface area (Å²) in [5.41, 5.74) is -4.18. The van der Waals surface area contributed by atoms with Gasteiger partial charge in [-0.2, -0.15) is 0 Å². The van der Waals surface area contributed by atoms with Crippen LogP contribution >= 0.6 is 0 Å². The number of aliphatic hydroxyl groups is 2. The van der Waals surface area contributed by atoms with Gasteiger partial charge in [-0.1, -0.05) is 0 Å². The lowest BCUT2D eigenvalue weighted by Crippen LogP contribution is -2.69. The lowest BCUT2D eigenvalue weighted by atomic mass is 9.41. The first-order chi connectivity index (χ1) is 19.2. The van der Waals surface area contributed by atoms with Crippen LogP contribution in [-0.2, 0) is 38.0 Å². The summed E-state index contributed by atoms with van der Waals surface area (Å²) in [4.78, 5) is 25.2. The maximum Gasteiger partial charge on any atom is 0.308 e. The molecule has 0 aromatic rings. The van der Waals surface area contributed by atoms with Crippen LogP contribution < -0.4 is 0 Å². The van der Waals surface area contributed by atoms with E-state index in [9.17, 15) is 19.8 Å². The van der Waals surface area contributed by atoms with E-state index in [1.807, 2.05) is 6.92 Å². The number of hydrogen-bond acceptors (Lipinski definition) is 10. The Hall–Kier alpha value is -1.14. The van der Waals surface area contributed by atoms with Crippen LogP contribution in [-0.4, -0.2) is 90.0 Å². The molecule has 8 fully saturated rings. The van der Waals surface area contributed by atoms with E-state index in [0.717, 1.165) is 32.0 Å². The van der Waals surface area contributed by atoms with Crippen LogP contribution in [0.1, 0.15) is 77.6 Å². The molecule has 2 spiro atoms. The number of fused-ring (bicyclic) bond motifs is 6. The summed E-state index contributed by atoms with van der Waals surface area (Å²) in [6, 6.07) is 0. The summed E-state index contributed by atoms with van der Waals surface area (Å²) in [5.74, 6) is -0.367. The van der Waals surface area contributed by atoms with E-state index in [4.69, 9.17) is 28.4 Å². The molecule has 0 amide bonds. The fourth-order valence-electron chi connectivity index (χ4n) is 11.2. The summed E-state index contributed by atoms with van der Waals surface area (Å²) >= 11 is 0. The summed E-state index contributed by atoms with van der Waals surface area (Å²) in [6.45, 7) is 2.93. The fraction of sp³-hybridized carbons (Fsp3) is 0.933. The van der Waals surface area contributed by atoms with Gasteiger partial charge in [-0.05, 0) is 70.1 Å². The van der Waals surface area contributed by atoms with Crippen LogP contribution in [0, 0.1) is 28.6 Å². The van der Waals surface area contributed by atoms with E-state index in [0.29, 0.717) is 45.1 Å². The summed E-state index contributed by atoms with van der Waals surface area (Å²) in [5, 5.41) is 24.8. The highest BCUT2D eigenvalue weighted by molar-refractivity contribution is 5.73. The van der Waals surface area contributed by atoms with Gasteiger partial charge in [0.15, 0.2) is 6.29 Å². The standard InChI is InChI=1S/C30H42O10/c1-17-10-21-24(37-16-36-21)25(39-17)40-18-2-6-26(13-31)19-3-7-27-14-38-28(12-23(32)35-15-28)22(27)5-9-30(27,34)20(19)4-8-29(26,33)11-18/h13,17-22,24-25,33-34H,2-12,14-16H2,1H3/t17-,18+,19+,20-,21-,22-,24-,25+,26+,27+,28-,29+,30+/m1/s1. The van der Waals surface area contributed by atoms with Gasteiger partial charge >= 0.3 is 5.97 Å². The van der Waals surface area contributed by atoms with Crippen molar-refractivity contribution in [3.8, 4) is 0 Å². The Morgan fingerprint density at radius 2 is 1.85 bits per heavy atom. The Bertz CT molecular complexity index is 1080. The maximum atomic E-state index is 13.1. The number of aldehydes is 1. The van der Waals surface area contributed by atoms with Crippen molar-refractivity contribution in [2.75, 3.05) is 20.0 Å².